The Labute approximate surface area is 445 Å². The summed E-state index contributed by atoms with van der Waals surface area (Å²) in [4.78, 5) is 42.6. The van der Waals surface area contributed by atoms with Crippen LogP contribution in [0.4, 0.5) is 0 Å². The second-order valence-electron chi connectivity index (χ2n) is 19.6. The van der Waals surface area contributed by atoms with E-state index in [4.69, 9.17) is 39.9 Å². The Bertz CT molecular complexity index is 4280. The average molecular weight is 987 g/mol. The minimum absolute atomic E-state index is 0.255. The van der Waals surface area contributed by atoms with Gasteiger partial charge in [-0.15, -0.1) is 0 Å². The third-order valence-electron chi connectivity index (χ3n) is 14.8. The van der Waals surface area contributed by atoms with E-state index in [-0.39, 0.29) is 5.92 Å². The van der Waals surface area contributed by atoms with E-state index < -0.39 is 5.54 Å². The Hall–Kier alpha value is -10.2. The maximum Gasteiger partial charge on any atom is 0.160 e. The van der Waals surface area contributed by atoms with Gasteiger partial charge in [0.05, 0.1) is 45.6 Å². The summed E-state index contributed by atoms with van der Waals surface area (Å²) in [5.41, 5.74) is 17.7. The van der Waals surface area contributed by atoms with Gasteiger partial charge in [-0.1, -0.05) is 212 Å². The second kappa shape index (κ2) is 18.9. The second-order valence-corrected chi connectivity index (χ2v) is 19.6. The highest BCUT2D eigenvalue weighted by Gasteiger charge is 2.46. The zero-order valence-electron chi connectivity index (χ0n) is 41.9. The zero-order chi connectivity index (χ0) is 51.3. The molecule has 2 aliphatic rings. The van der Waals surface area contributed by atoms with Crippen LogP contribution in [0.1, 0.15) is 29.4 Å². The van der Waals surface area contributed by atoms with E-state index in [9.17, 15) is 0 Å². The van der Waals surface area contributed by atoms with Gasteiger partial charge in [0.25, 0.3) is 0 Å². The monoisotopic (exact) mass is 986 g/mol. The van der Waals surface area contributed by atoms with E-state index in [2.05, 4.69) is 165 Å². The van der Waals surface area contributed by atoms with Crippen LogP contribution >= 0.6 is 0 Å². The van der Waals surface area contributed by atoms with Crippen molar-refractivity contribution in [3.63, 3.8) is 0 Å². The van der Waals surface area contributed by atoms with E-state index in [0.717, 1.165) is 123 Å². The molecule has 7 aromatic carbocycles. The number of aromatic nitrogens is 6. The number of rotatable bonds is 9. The molecule has 0 saturated carbocycles. The summed E-state index contributed by atoms with van der Waals surface area (Å²) in [6.07, 6.45) is 8.27. The van der Waals surface area contributed by atoms with Crippen molar-refractivity contribution in [3.05, 3.63) is 272 Å². The maximum absolute atomic E-state index is 5.55. The lowest BCUT2D eigenvalue weighted by Crippen LogP contribution is -2.42. The van der Waals surface area contributed by atoms with Crippen molar-refractivity contribution in [1.29, 1.82) is 0 Å². The molecule has 0 amide bonds. The summed E-state index contributed by atoms with van der Waals surface area (Å²) in [5, 5.41) is 1.87. The molecular formula is C69H46N8. The first-order chi connectivity index (χ1) is 38.0. The summed E-state index contributed by atoms with van der Waals surface area (Å²) in [6.45, 7) is 2.20. The fourth-order valence-corrected chi connectivity index (χ4v) is 10.9. The molecule has 2 unspecified atom stereocenters. The van der Waals surface area contributed by atoms with E-state index in [1.54, 1.807) is 0 Å². The quantitative estimate of drug-likeness (QED) is 0.134. The Morgan fingerprint density at radius 1 is 0.390 bits per heavy atom. The molecule has 0 radical (unpaired) electrons. The first-order valence-corrected chi connectivity index (χ1v) is 25.9. The van der Waals surface area contributed by atoms with E-state index >= 15 is 0 Å². The van der Waals surface area contributed by atoms with Crippen molar-refractivity contribution >= 4 is 39.4 Å². The standard InChI is InChI=1S/C69H46N8/c1-69-57(37-36-53-56(45-22-10-3-11-23-45)41-61(73-66(53)69)47-26-14-5-15-27-47)65(76-68(77-69)49-30-18-7-19-31-49)59-39-33-51(43-71-59)50-32-38-58(70-42-50)62-54-35-34-52-55(44-20-8-2-9-21-44)40-60(46-24-12-4-13-25-46)72-63(52)64(54)75-67(74-62)48-28-16-6-17-29-48/h2-43,57H,1H3. The molecule has 1 aliphatic carbocycles. The molecule has 0 bridgehead atoms. The highest BCUT2D eigenvalue weighted by Crippen LogP contribution is 2.48. The van der Waals surface area contributed by atoms with Crippen LogP contribution in [0.3, 0.4) is 0 Å². The third kappa shape index (κ3) is 8.20. The normalized spacial score (nSPS) is 15.6. The van der Waals surface area contributed by atoms with Gasteiger partial charge in [-0.25, -0.2) is 24.9 Å². The summed E-state index contributed by atoms with van der Waals surface area (Å²) < 4.78 is 0. The number of fused-ring (bicyclic) bond motifs is 6. The number of hydrogen-bond acceptors (Lipinski definition) is 8. The smallest absolute Gasteiger partial charge is 0.160 e. The summed E-state index contributed by atoms with van der Waals surface area (Å²) >= 11 is 0. The van der Waals surface area contributed by atoms with Gasteiger partial charge >= 0.3 is 0 Å². The molecule has 12 aromatic rings. The lowest BCUT2D eigenvalue weighted by Gasteiger charge is -2.40. The SMILES string of the molecule is CC12N=C(c3ccccc3)N=C(c3ccc(-c4ccc(-c5nc(-c6ccccc6)nc6c5ccc5c(-c7ccccc7)cc(-c7ccccc7)nc56)nc4)cn3)C1C=Cc1c(-c3ccccc3)cc(-c3ccccc3)nc12. The van der Waals surface area contributed by atoms with Crippen LogP contribution in [0.5, 0.6) is 0 Å². The lowest BCUT2D eigenvalue weighted by atomic mass is 9.71. The van der Waals surface area contributed by atoms with Gasteiger partial charge in [0, 0.05) is 62.1 Å². The topological polar surface area (TPSA) is 102 Å². The Kier molecular flexibility index (Phi) is 11.2. The van der Waals surface area contributed by atoms with Gasteiger partial charge in [-0.2, -0.15) is 0 Å². The van der Waals surface area contributed by atoms with Crippen LogP contribution in [0.2, 0.25) is 0 Å². The fourth-order valence-electron chi connectivity index (χ4n) is 10.9. The summed E-state index contributed by atoms with van der Waals surface area (Å²) in [7, 11) is 0. The van der Waals surface area contributed by atoms with Gasteiger partial charge in [-0.3, -0.25) is 15.0 Å². The average Bonchev–Trinajstić information content (AvgIpc) is 3.59. The molecule has 0 N–H and O–H groups in total. The molecule has 5 aromatic heterocycles. The zero-order valence-corrected chi connectivity index (χ0v) is 41.9. The number of hydrogen-bond donors (Lipinski definition) is 0. The van der Waals surface area contributed by atoms with E-state index in [0.29, 0.717) is 11.7 Å². The number of aliphatic imine (C=N–C) groups is 2. The molecule has 8 nitrogen and oxygen atoms in total. The van der Waals surface area contributed by atoms with Crippen LogP contribution in [0.25, 0.3) is 107 Å². The van der Waals surface area contributed by atoms with Gasteiger partial charge in [-0.05, 0) is 59.5 Å². The minimum Gasteiger partial charge on any atom is -0.254 e. The largest absolute Gasteiger partial charge is 0.254 e. The number of nitrogens with zero attached hydrogens (tertiary/aromatic N) is 8. The van der Waals surface area contributed by atoms with Crippen molar-refractivity contribution in [3.8, 4) is 78.7 Å². The van der Waals surface area contributed by atoms with Crippen LogP contribution < -0.4 is 0 Å². The molecular weight excluding hydrogens is 941 g/mol. The molecule has 2 atom stereocenters. The first-order valence-electron chi connectivity index (χ1n) is 25.9. The molecule has 1 aliphatic heterocycles. The van der Waals surface area contributed by atoms with Crippen LogP contribution in [-0.4, -0.2) is 41.5 Å². The number of amidine groups is 1. The molecule has 77 heavy (non-hydrogen) atoms. The van der Waals surface area contributed by atoms with Crippen molar-refractivity contribution in [2.24, 2.45) is 15.9 Å². The van der Waals surface area contributed by atoms with Crippen molar-refractivity contribution in [2.75, 3.05) is 0 Å². The van der Waals surface area contributed by atoms with E-state index in [1.165, 1.54) is 0 Å². The van der Waals surface area contributed by atoms with Gasteiger partial charge in [0.15, 0.2) is 11.7 Å². The molecule has 0 spiro atoms. The Morgan fingerprint density at radius 2 is 0.883 bits per heavy atom. The van der Waals surface area contributed by atoms with Gasteiger partial charge < -0.3 is 0 Å². The number of pyridine rings is 4. The maximum atomic E-state index is 5.55. The molecule has 0 fully saturated rings. The van der Waals surface area contributed by atoms with Crippen LogP contribution in [-0.2, 0) is 5.54 Å². The molecule has 362 valence electrons. The van der Waals surface area contributed by atoms with Crippen molar-refractivity contribution < 1.29 is 0 Å². The summed E-state index contributed by atoms with van der Waals surface area (Å²) in [6, 6.07) is 79.0. The lowest BCUT2D eigenvalue weighted by molar-refractivity contribution is 0.419. The van der Waals surface area contributed by atoms with Gasteiger partial charge in [0.1, 0.15) is 16.7 Å². The minimum atomic E-state index is -0.816. The van der Waals surface area contributed by atoms with E-state index in [1.807, 2.05) is 97.3 Å². The van der Waals surface area contributed by atoms with Crippen LogP contribution in [0.15, 0.2) is 259 Å². The van der Waals surface area contributed by atoms with Crippen molar-refractivity contribution in [2.45, 2.75) is 12.5 Å². The summed E-state index contributed by atoms with van der Waals surface area (Å²) in [5.74, 6) is 0.987. The van der Waals surface area contributed by atoms with Crippen molar-refractivity contribution in [1.82, 2.24) is 29.9 Å². The molecule has 0 saturated heterocycles. The number of benzene rings is 7. The highest BCUT2D eigenvalue weighted by atomic mass is 15.1. The first kappa shape index (κ1) is 45.4. The van der Waals surface area contributed by atoms with Gasteiger partial charge in [0.2, 0.25) is 0 Å². The molecule has 14 rings (SSSR count). The Balaban J connectivity index is 0.855. The highest BCUT2D eigenvalue weighted by molar-refractivity contribution is 6.16. The predicted molar refractivity (Wildman–Crippen MR) is 312 cm³/mol. The third-order valence-corrected chi connectivity index (χ3v) is 14.8. The molecule has 6 heterocycles. The fraction of sp³-hybridized carbons (Fsp3) is 0.0435. The molecule has 8 heteroatoms. The Morgan fingerprint density at radius 3 is 1.47 bits per heavy atom. The predicted octanol–water partition coefficient (Wildman–Crippen LogP) is 15.8. The van der Waals surface area contributed by atoms with Crippen LogP contribution in [0, 0.1) is 5.92 Å².